The molecule has 0 unspecified atom stereocenters. The van der Waals surface area contributed by atoms with Crippen LogP contribution in [0, 0.1) is 0 Å². The van der Waals surface area contributed by atoms with E-state index >= 15 is 0 Å². The molecular weight excluding hydrogens is 409 g/mol. The van der Waals surface area contributed by atoms with Crippen LogP contribution in [-0.4, -0.2) is 44.6 Å². The number of aromatic nitrogens is 2. The predicted molar refractivity (Wildman–Crippen MR) is 105 cm³/mol. The standard InChI is InChI=1S/C22H23F3N4O2/c23-22(24,25)16-5-1-14(2-6-16)13-28-10-9-17-7-8-20(29(17)21(28)30)31-19-12-26-18(11-27-19)15-3-4-15/h1-2,5-6,11-12,15,17,20H,3-4,7-10,13H2/t17-,20-/m0/s1. The van der Waals surface area contributed by atoms with Crippen LogP contribution < -0.4 is 4.74 Å². The second-order valence-corrected chi connectivity index (χ2v) is 8.45. The zero-order valence-corrected chi connectivity index (χ0v) is 16.9. The highest BCUT2D eigenvalue weighted by atomic mass is 19.4. The molecule has 2 aliphatic heterocycles. The molecule has 1 saturated carbocycles. The maximum absolute atomic E-state index is 13.1. The van der Waals surface area contributed by atoms with Gasteiger partial charge in [0.2, 0.25) is 5.88 Å². The van der Waals surface area contributed by atoms with Gasteiger partial charge in [-0.3, -0.25) is 9.88 Å². The Morgan fingerprint density at radius 3 is 2.42 bits per heavy atom. The van der Waals surface area contributed by atoms with E-state index in [2.05, 4.69) is 9.97 Å². The van der Waals surface area contributed by atoms with Crippen molar-refractivity contribution in [1.82, 2.24) is 19.8 Å². The molecular formula is C22H23F3N4O2. The molecule has 5 rings (SSSR count). The fraction of sp³-hybridized carbons (Fsp3) is 0.500. The average molecular weight is 432 g/mol. The third-order valence-electron chi connectivity index (χ3n) is 6.23. The van der Waals surface area contributed by atoms with Gasteiger partial charge in [-0.1, -0.05) is 12.1 Å². The van der Waals surface area contributed by atoms with Gasteiger partial charge < -0.3 is 9.64 Å². The van der Waals surface area contributed by atoms with E-state index in [-0.39, 0.29) is 18.6 Å². The lowest BCUT2D eigenvalue weighted by Crippen LogP contribution is -2.55. The number of carbonyl (C=O) groups is 1. The van der Waals surface area contributed by atoms with Gasteiger partial charge in [0.25, 0.3) is 0 Å². The third kappa shape index (κ3) is 4.18. The van der Waals surface area contributed by atoms with Crippen molar-refractivity contribution in [3.63, 3.8) is 0 Å². The summed E-state index contributed by atoms with van der Waals surface area (Å²) in [5.41, 5.74) is 0.953. The van der Waals surface area contributed by atoms with Gasteiger partial charge in [-0.15, -0.1) is 0 Å². The molecule has 0 bridgehead atoms. The van der Waals surface area contributed by atoms with Crippen molar-refractivity contribution in [3.05, 3.63) is 53.5 Å². The first-order valence-corrected chi connectivity index (χ1v) is 10.6. The van der Waals surface area contributed by atoms with E-state index in [0.717, 1.165) is 49.9 Å². The highest BCUT2D eigenvalue weighted by Crippen LogP contribution is 2.39. The van der Waals surface area contributed by atoms with Gasteiger partial charge >= 0.3 is 12.2 Å². The number of amides is 2. The van der Waals surface area contributed by atoms with Gasteiger partial charge in [-0.25, -0.2) is 9.78 Å². The maximum atomic E-state index is 13.1. The van der Waals surface area contributed by atoms with E-state index in [9.17, 15) is 18.0 Å². The molecule has 6 nitrogen and oxygen atoms in total. The highest BCUT2D eigenvalue weighted by Gasteiger charge is 2.43. The predicted octanol–water partition coefficient (Wildman–Crippen LogP) is 4.57. The van der Waals surface area contributed by atoms with Crippen LogP contribution in [0.25, 0.3) is 0 Å². The first-order valence-electron chi connectivity index (χ1n) is 10.6. The number of ether oxygens (including phenoxy) is 1. The van der Waals surface area contributed by atoms with Crippen molar-refractivity contribution in [2.75, 3.05) is 6.54 Å². The third-order valence-corrected chi connectivity index (χ3v) is 6.23. The van der Waals surface area contributed by atoms with Crippen LogP contribution in [0.3, 0.4) is 0 Å². The fourth-order valence-electron chi connectivity index (χ4n) is 4.37. The number of rotatable bonds is 5. The van der Waals surface area contributed by atoms with Crippen LogP contribution in [0.4, 0.5) is 18.0 Å². The van der Waals surface area contributed by atoms with Crippen LogP contribution >= 0.6 is 0 Å². The van der Waals surface area contributed by atoms with E-state index in [1.807, 2.05) is 0 Å². The molecule has 3 heterocycles. The lowest BCUT2D eigenvalue weighted by molar-refractivity contribution is -0.137. The van der Waals surface area contributed by atoms with Crippen LogP contribution in [0.2, 0.25) is 0 Å². The number of halogens is 3. The quantitative estimate of drug-likeness (QED) is 0.695. The van der Waals surface area contributed by atoms with Crippen LogP contribution in [0.15, 0.2) is 36.7 Å². The number of nitrogens with zero attached hydrogens (tertiary/aromatic N) is 4. The monoisotopic (exact) mass is 432 g/mol. The number of hydrogen-bond acceptors (Lipinski definition) is 4. The summed E-state index contributed by atoms with van der Waals surface area (Å²) in [6, 6.07) is 4.92. The first-order chi connectivity index (χ1) is 14.9. The topological polar surface area (TPSA) is 58.6 Å². The van der Waals surface area contributed by atoms with Crippen LogP contribution in [0.1, 0.15) is 54.8 Å². The number of benzene rings is 1. The molecule has 2 atom stereocenters. The van der Waals surface area contributed by atoms with Crippen molar-refractivity contribution < 1.29 is 22.7 Å². The van der Waals surface area contributed by atoms with Gasteiger partial charge in [0.15, 0.2) is 6.23 Å². The summed E-state index contributed by atoms with van der Waals surface area (Å²) in [5.74, 6) is 0.919. The Hall–Kier alpha value is -2.84. The first kappa shape index (κ1) is 20.1. The number of hydrogen-bond donors (Lipinski definition) is 0. The van der Waals surface area contributed by atoms with E-state index < -0.39 is 18.0 Å². The minimum absolute atomic E-state index is 0.111. The molecule has 0 N–H and O–H groups in total. The number of fused-ring (bicyclic) bond motifs is 1. The summed E-state index contributed by atoms with van der Waals surface area (Å²) < 4.78 is 44.3. The highest BCUT2D eigenvalue weighted by molar-refractivity contribution is 5.76. The molecule has 164 valence electrons. The minimum atomic E-state index is -4.37. The van der Waals surface area contributed by atoms with Crippen molar-refractivity contribution in [1.29, 1.82) is 0 Å². The smallest absolute Gasteiger partial charge is 0.416 e. The summed E-state index contributed by atoms with van der Waals surface area (Å²) in [4.78, 5) is 25.3. The molecule has 0 radical (unpaired) electrons. The van der Waals surface area contributed by atoms with Gasteiger partial charge in [-0.05, 0) is 43.4 Å². The van der Waals surface area contributed by atoms with Crippen molar-refractivity contribution in [3.8, 4) is 5.88 Å². The Morgan fingerprint density at radius 2 is 1.77 bits per heavy atom. The van der Waals surface area contributed by atoms with Gasteiger partial charge in [0.05, 0.1) is 23.7 Å². The van der Waals surface area contributed by atoms with Gasteiger partial charge in [0, 0.05) is 31.5 Å². The molecule has 3 aliphatic rings. The molecule has 2 saturated heterocycles. The molecule has 31 heavy (non-hydrogen) atoms. The Morgan fingerprint density at radius 1 is 1.00 bits per heavy atom. The largest absolute Gasteiger partial charge is 0.452 e. The second kappa shape index (κ2) is 7.69. The van der Waals surface area contributed by atoms with E-state index in [1.54, 1.807) is 22.2 Å². The van der Waals surface area contributed by atoms with E-state index in [4.69, 9.17) is 4.74 Å². The van der Waals surface area contributed by atoms with Crippen molar-refractivity contribution in [2.24, 2.45) is 0 Å². The SMILES string of the molecule is O=C1N(Cc2ccc(C(F)(F)F)cc2)CC[C@@H]2CC[C@H](Oc3cnc(C4CC4)cn3)N12. The zero-order valence-electron chi connectivity index (χ0n) is 16.9. The Labute approximate surface area is 178 Å². The van der Waals surface area contributed by atoms with Gasteiger partial charge in [-0.2, -0.15) is 13.2 Å². The summed E-state index contributed by atoms with van der Waals surface area (Å²) in [5, 5.41) is 0. The molecule has 1 aliphatic carbocycles. The zero-order chi connectivity index (χ0) is 21.6. The molecule has 1 aromatic heterocycles. The summed E-state index contributed by atoms with van der Waals surface area (Å²) >= 11 is 0. The molecule has 2 aromatic rings. The Kier molecular flexibility index (Phi) is 4.98. The lowest BCUT2D eigenvalue weighted by atomic mass is 10.1. The molecule has 2 amide bonds. The molecule has 0 spiro atoms. The van der Waals surface area contributed by atoms with E-state index in [1.165, 1.54) is 12.1 Å². The molecule has 3 fully saturated rings. The molecule has 1 aromatic carbocycles. The molecule has 9 heteroatoms. The number of carbonyl (C=O) groups excluding carboxylic acids is 1. The Balaban J connectivity index is 1.25. The normalized spacial score (nSPS) is 23.8. The van der Waals surface area contributed by atoms with Crippen LogP contribution in [-0.2, 0) is 12.7 Å². The summed E-state index contributed by atoms with van der Waals surface area (Å²) in [6.07, 6.45) is 3.27. The number of urea groups is 1. The Bertz CT molecular complexity index is 945. The lowest BCUT2D eigenvalue weighted by Gasteiger charge is -2.40. The van der Waals surface area contributed by atoms with Crippen molar-refractivity contribution in [2.45, 2.75) is 63.0 Å². The van der Waals surface area contributed by atoms with E-state index in [0.29, 0.717) is 23.9 Å². The second-order valence-electron chi connectivity index (χ2n) is 8.45. The average Bonchev–Trinajstić information content (AvgIpc) is 3.52. The van der Waals surface area contributed by atoms with Crippen molar-refractivity contribution >= 4 is 6.03 Å². The van der Waals surface area contributed by atoms with Crippen LogP contribution in [0.5, 0.6) is 5.88 Å². The fourth-order valence-corrected chi connectivity index (χ4v) is 4.37. The van der Waals surface area contributed by atoms with Gasteiger partial charge in [0.1, 0.15) is 0 Å². The minimum Gasteiger partial charge on any atom is -0.452 e. The summed E-state index contributed by atoms with van der Waals surface area (Å²) in [7, 11) is 0. The summed E-state index contributed by atoms with van der Waals surface area (Å²) in [6.45, 7) is 0.840. The number of alkyl halides is 3. The maximum Gasteiger partial charge on any atom is 0.416 e.